The van der Waals surface area contributed by atoms with Gasteiger partial charge in [0.25, 0.3) is 0 Å². The number of aromatic nitrogens is 3. The molecule has 5 heterocycles. The molecule has 0 unspecified atom stereocenters. The van der Waals surface area contributed by atoms with Crippen LogP contribution in [0.3, 0.4) is 0 Å². The van der Waals surface area contributed by atoms with E-state index in [0.717, 1.165) is 27.9 Å². The van der Waals surface area contributed by atoms with Gasteiger partial charge < -0.3 is 68.6 Å². The molecule has 0 spiro atoms. The maximum absolute atomic E-state index is 14.4. The summed E-state index contributed by atoms with van der Waals surface area (Å²) < 4.78 is 40.9. The predicted octanol–water partition coefficient (Wildman–Crippen LogP) is 3.81. The number of cyclic esters (lactones) is 1. The van der Waals surface area contributed by atoms with Crippen molar-refractivity contribution in [2.75, 3.05) is 34.3 Å². The molecule has 0 bridgehead atoms. The number of aliphatic hydroxyl groups is 5. The Balaban J connectivity index is 1.18. The first-order valence-electron chi connectivity index (χ1n) is 25.0. The van der Waals surface area contributed by atoms with E-state index in [-0.39, 0.29) is 44.1 Å². The van der Waals surface area contributed by atoms with Gasteiger partial charge in [-0.2, -0.15) is 0 Å². The quantitative estimate of drug-likeness (QED) is 0.169. The molecule has 0 saturated carbocycles. The minimum Gasteiger partial charge on any atom is -0.459 e. The number of methoxy groups -OCH3 is 1. The van der Waals surface area contributed by atoms with Crippen LogP contribution in [0.5, 0.6) is 0 Å². The first kappa shape index (κ1) is 56.6. The highest BCUT2D eigenvalue weighted by atomic mass is 79.9. The highest BCUT2D eigenvalue weighted by Crippen LogP contribution is 2.40. The van der Waals surface area contributed by atoms with E-state index < -0.39 is 96.0 Å². The maximum atomic E-state index is 14.4. The van der Waals surface area contributed by atoms with Crippen LogP contribution in [-0.4, -0.2) is 193 Å². The van der Waals surface area contributed by atoms with E-state index in [2.05, 4.69) is 36.3 Å². The van der Waals surface area contributed by atoms with Gasteiger partial charge in [-0.3, -0.25) is 4.79 Å². The Morgan fingerprint density at radius 1 is 1.00 bits per heavy atom. The van der Waals surface area contributed by atoms with Crippen molar-refractivity contribution in [1.82, 2.24) is 24.8 Å². The highest BCUT2D eigenvalue weighted by Gasteiger charge is 2.53. The molecule has 1 aromatic heterocycles. The number of halogens is 1. The molecule has 5 N–H and O–H groups in total. The summed E-state index contributed by atoms with van der Waals surface area (Å²) in [5.41, 5.74) is -1.78. The Kier molecular flexibility index (Phi) is 19.1. The largest absolute Gasteiger partial charge is 0.459 e. The third-order valence-corrected chi connectivity index (χ3v) is 16.1. The fourth-order valence-corrected chi connectivity index (χ4v) is 10.9. The van der Waals surface area contributed by atoms with Gasteiger partial charge in [0.1, 0.15) is 30.0 Å². The van der Waals surface area contributed by atoms with E-state index in [4.69, 9.17) is 33.3 Å². The zero-order valence-electron chi connectivity index (χ0n) is 43.2. The van der Waals surface area contributed by atoms with Crippen molar-refractivity contribution in [3.8, 4) is 0 Å². The standard InChI is InChI=1S/C50H81BrN6O13/c1-13-39-50(9,63)43(59)31(5)55(10)22-20-48(7,62)45(29(3)42(30(4)46(61)67-39)68-40-25-49(8,64-12)44(60)32(6)66-40)69-47-41(58)38(23-28(2)65-47)56(11)21-14-15-35-26-57(54-52-35)27-36-24-37(53-70-36)33-16-18-34(51)19-17-33/h16-19,26,28-32,36,38-45,47,58-60,62-63H,13-15,20-25,27H2,1-12H3/t28-,29+,30-,31-,32+,36-,38+,39-,40+,41-,42+,43-,44+,45-,47+,48-,49-,50-/m1/s1. The van der Waals surface area contributed by atoms with Crippen LogP contribution in [0, 0.1) is 11.8 Å². The predicted molar refractivity (Wildman–Crippen MR) is 262 cm³/mol. The first-order valence-corrected chi connectivity index (χ1v) is 25.8. The van der Waals surface area contributed by atoms with Crippen LogP contribution in [0.1, 0.15) is 112 Å². The number of ether oxygens (including phenoxy) is 6. The number of hydrogen-bond acceptors (Lipinski definition) is 18. The van der Waals surface area contributed by atoms with Crippen LogP contribution < -0.4 is 0 Å². The number of rotatable bonds is 14. The third kappa shape index (κ3) is 13.1. The van der Waals surface area contributed by atoms with Crippen LogP contribution in [0.15, 0.2) is 40.1 Å². The van der Waals surface area contributed by atoms with E-state index in [1.54, 1.807) is 53.3 Å². The summed E-state index contributed by atoms with van der Waals surface area (Å²) in [4.78, 5) is 24.0. The second kappa shape index (κ2) is 23.7. The summed E-state index contributed by atoms with van der Waals surface area (Å²) >= 11 is 3.48. The number of oxime groups is 1. The number of esters is 1. The van der Waals surface area contributed by atoms with E-state index in [1.807, 2.05) is 56.3 Å². The fourth-order valence-electron chi connectivity index (χ4n) is 10.6. The number of hydrogen-bond donors (Lipinski definition) is 5. The van der Waals surface area contributed by atoms with E-state index in [1.165, 1.54) is 14.0 Å². The fraction of sp³-hybridized carbons (Fsp3) is 0.800. The molecule has 0 amide bonds. The minimum atomic E-state index is -1.83. The molecule has 0 aliphatic carbocycles. The summed E-state index contributed by atoms with van der Waals surface area (Å²) in [6, 6.07) is 6.99. The summed E-state index contributed by atoms with van der Waals surface area (Å²) in [7, 11) is 5.25. The number of nitrogens with zero attached hydrogens (tertiary/aromatic N) is 6. The zero-order valence-corrected chi connectivity index (χ0v) is 44.8. The van der Waals surface area contributed by atoms with Crippen molar-refractivity contribution in [2.45, 2.75) is 210 Å². The molecular formula is C50H81BrN6O13. The average Bonchev–Trinajstić information content (AvgIpc) is 3.99. The maximum Gasteiger partial charge on any atom is 0.311 e. The molecule has 3 fully saturated rings. The van der Waals surface area contributed by atoms with E-state index in [0.29, 0.717) is 32.4 Å². The van der Waals surface area contributed by atoms with Gasteiger partial charge in [0.05, 0.1) is 59.5 Å². The molecule has 4 aliphatic rings. The van der Waals surface area contributed by atoms with Gasteiger partial charge in [-0.15, -0.1) is 5.10 Å². The van der Waals surface area contributed by atoms with Crippen molar-refractivity contribution in [2.24, 2.45) is 17.0 Å². The molecule has 19 nitrogen and oxygen atoms in total. The smallest absolute Gasteiger partial charge is 0.311 e. The average molecular weight is 1050 g/mol. The number of aryl methyl sites for hydroxylation is 1. The van der Waals surface area contributed by atoms with Crippen LogP contribution in [0.25, 0.3) is 0 Å². The van der Waals surface area contributed by atoms with Crippen molar-refractivity contribution >= 4 is 27.6 Å². The summed E-state index contributed by atoms with van der Waals surface area (Å²) in [6.07, 6.45) is -5.16. The van der Waals surface area contributed by atoms with Gasteiger partial charge in [-0.25, -0.2) is 4.68 Å². The van der Waals surface area contributed by atoms with Gasteiger partial charge in [0, 0.05) is 55.2 Å². The number of carbonyl (C=O) groups is 1. The lowest BCUT2D eigenvalue weighted by Gasteiger charge is -2.49. The molecule has 20 heteroatoms. The summed E-state index contributed by atoms with van der Waals surface area (Å²) in [5, 5.41) is 72.3. The Hall–Kier alpha value is -2.70. The Morgan fingerprint density at radius 2 is 1.70 bits per heavy atom. The molecule has 70 heavy (non-hydrogen) atoms. The summed E-state index contributed by atoms with van der Waals surface area (Å²) in [6.45, 7) is 16.9. The van der Waals surface area contributed by atoms with Crippen LogP contribution >= 0.6 is 15.9 Å². The van der Waals surface area contributed by atoms with Crippen molar-refractivity contribution in [3.05, 3.63) is 46.2 Å². The Morgan fingerprint density at radius 3 is 2.37 bits per heavy atom. The lowest BCUT2D eigenvalue weighted by atomic mass is 9.79. The van der Waals surface area contributed by atoms with Gasteiger partial charge in [-0.05, 0) is 119 Å². The molecule has 396 valence electrons. The number of carbonyl (C=O) groups excluding carboxylic acids is 1. The Labute approximate surface area is 422 Å². The molecular weight excluding hydrogens is 972 g/mol. The third-order valence-electron chi connectivity index (χ3n) is 15.6. The van der Waals surface area contributed by atoms with Gasteiger partial charge in [0.15, 0.2) is 18.7 Å². The molecule has 2 aromatic rings. The molecule has 4 aliphatic heterocycles. The Bertz CT molecular complexity index is 2030. The number of benzene rings is 1. The second-order valence-electron chi connectivity index (χ2n) is 21.2. The van der Waals surface area contributed by atoms with Crippen LogP contribution in [0.2, 0.25) is 0 Å². The van der Waals surface area contributed by atoms with Gasteiger partial charge in [0.2, 0.25) is 0 Å². The van der Waals surface area contributed by atoms with E-state index in [9.17, 15) is 30.3 Å². The normalized spacial score (nSPS) is 40.6. The minimum absolute atomic E-state index is 0.108. The van der Waals surface area contributed by atoms with Crippen molar-refractivity contribution in [1.29, 1.82) is 0 Å². The van der Waals surface area contributed by atoms with Gasteiger partial charge >= 0.3 is 5.97 Å². The number of aliphatic hydroxyl groups excluding tert-OH is 3. The molecule has 6 rings (SSSR count). The second-order valence-corrected chi connectivity index (χ2v) is 22.1. The van der Waals surface area contributed by atoms with Crippen LogP contribution in [-0.2, 0) is 51.0 Å². The van der Waals surface area contributed by atoms with Gasteiger partial charge in [-0.1, -0.05) is 52.3 Å². The topological polar surface area (TPSA) is 232 Å². The molecule has 1 aromatic carbocycles. The van der Waals surface area contributed by atoms with Crippen molar-refractivity contribution < 1.29 is 63.6 Å². The van der Waals surface area contributed by atoms with E-state index >= 15 is 0 Å². The molecule has 3 saturated heterocycles. The zero-order chi connectivity index (χ0) is 51.5. The van der Waals surface area contributed by atoms with Crippen LogP contribution in [0.4, 0.5) is 0 Å². The lowest BCUT2D eigenvalue weighted by Crippen LogP contribution is -2.62. The monoisotopic (exact) mass is 1050 g/mol. The molecule has 0 radical (unpaired) electrons. The highest BCUT2D eigenvalue weighted by molar-refractivity contribution is 9.10. The van der Waals surface area contributed by atoms with Crippen molar-refractivity contribution in [3.63, 3.8) is 0 Å². The SMILES string of the molecule is CC[C@H]1OC(=O)[C@H](C)[C@@H](O[C@H]2C[C@@](C)(OC)[C@@H](O)[C@H](C)O2)[C@H](C)[C@@H](O[C@@H]2O[C@H](C)C[C@H](N(C)CCCc3cn(C[C@H]4CC(c5ccc(Br)cc5)=NO4)nn3)[C@H]2O)[C@](C)(O)CCN(C)[C@H](C)[C@@H](O)[C@]1(C)O. The lowest BCUT2D eigenvalue weighted by molar-refractivity contribution is -0.318. The molecule has 18 atom stereocenters. The number of likely N-dealkylation sites (N-methyl/N-ethyl adjacent to an activating group) is 2. The first-order chi connectivity index (χ1) is 32.9. The summed E-state index contributed by atoms with van der Waals surface area (Å²) in [5.74, 6) is -2.55.